The van der Waals surface area contributed by atoms with Crippen molar-refractivity contribution in [1.82, 2.24) is 30.2 Å². The van der Waals surface area contributed by atoms with Crippen LogP contribution >= 0.6 is 24.4 Å². The largest absolute Gasteiger partial charge is 0.394 e. The number of thiocarbonyl (C=S) groups is 2. The molecule has 18 heteroatoms. The smallest absolute Gasteiger partial charge is 0.228 e. The van der Waals surface area contributed by atoms with Crippen molar-refractivity contribution >= 4 is 86.3 Å². The van der Waals surface area contributed by atoms with Crippen LogP contribution in [0.4, 0.5) is 28.6 Å². The first-order chi connectivity index (χ1) is 26.2. The van der Waals surface area contributed by atoms with Crippen LogP contribution in [0.2, 0.25) is 0 Å². The number of isothiocyanates is 1. The Morgan fingerprint density at radius 1 is 0.852 bits per heavy atom. The number of aliphatic imine (C=N–C) groups is 1. The fourth-order valence-electron chi connectivity index (χ4n) is 5.69. The standard InChI is InChI=1S/C36H36N10O6S2/c47-17-27-31(50)32(51)35(52-27)46-19-41-30-33(39-18-40-34(30)46)44-24-10-6-22(7-11-24)15-29(49)43-23-8-4-21(5-9-23)14-28(48)37-12-13-38-36(54)45-26-3-1-2-25(16-26)42-20-53/h1-11,16,18-19,27,31-32,35,47,50-51H,12-15,17H2,(H,37,48)(H,43,49)(H2,38,45,54)(H,39,40,44)/t27-,31-,32-,35-/m1/s1. The molecule has 278 valence electrons. The first-order valence-corrected chi connectivity index (χ1v) is 17.6. The van der Waals surface area contributed by atoms with Crippen molar-refractivity contribution in [3.63, 3.8) is 0 Å². The molecule has 1 aliphatic rings. The number of carbonyl (C=O) groups is 2. The molecule has 5 aromatic rings. The number of nitrogens with zero attached hydrogens (tertiary/aromatic N) is 5. The van der Waals surface area contributed by atoms with Gasteiger partial charge in [-0.05, 0) is 78.0 Å². The van der Waals surface area contributed by atoms with Gasteiger partial charge in [0.25, 0.3) is 0 Å². The van der Waals surface area contributed by atoms with Gasteiger partial charge in [-0.25, -0.2) is 15.0 Å². The van der Waals surface area contributed by atoms with Crippen LogP contribution in [0.5, 0.6) is 0 Å². The SMILES string of the molecule is O=C(Cc1ccc(NC(=O)Cc2ccc(Nc3ncnc4c3ncn4[C@@H]3O[C@H](CO)[C@@H](O)[C@H]3O)cc2)cc1)NCCNC(=S)Nc1cccc(N=C=S)c1. The van der Waals surface area contributed by atoms with Crippen LogP contribution in [0.1, 0.15) is 17.4 Å². The number of imidazole rings is 1. The number of aliphatic hydroxyl groups excluding tert-OH is 3. The second kappa shape index (κ2) is 17.9. The summed E-state index contributed by atoms with van der Waals surface area (Å²) in [7, 11) is 0. The first-order valence-electron chi connectivity index (χ1n) is 16.7. The molecule has 2 amide bonds. The molecule has 0 unspecified atom stereocenters. The molecule has 3 heterocycles. The highest BCUT2D eigenvalue weighted by atomic mass is 32.1. The van der Waals surface area contributed by atoms with Crippen molar-refractivity contribution in [3.05, 3.63) is 96.6 Å². The summed E-state index contributed by atoms with van der Waals surface area (Å²) < 4.78 is 7.10. The Morgan fingerprint density at radius 2 is 1.56 bits per heavy atom. The number of rotatable bonds is 14. The molecule has 1 saturated heterocycles. The van der Waals surface area contributed by atoms with E-state index in [9.17, 15) is 24.9 Å². The van der Waals surface area contributed by atoms with Crippen molar-refractivity contribution < 1.29 is 29.6 Å². The molecule has 1 fully saturated rings. The Hall–Kier alpha value is -5.72. The van der Waals surface area contributed by atoms with Crippen LogP contribution in [-0.2, 0) is 27.2 Å². The van der Waals surface area contributed by atoms with Gasteiger partial charge in [0.1, 0.15) is 24.6 Å². The monoisotopic (exact) mass is 768 g/mol. The minimum atomic E-state index is -1.28. The summed E-state index contributed by atoms with van der Waals surface area (Å²) in [5.74, 6) is 0.0518. The number of benzene rings is 3. The van der Waals surface area contributed by atoms with Gasteiger partial charge < -0.3 is 46.6 Å². The van der Waals surface area contributed by atoms with E-state index >= 15 is 0 Å². The predicted octanol–water partition coefficient (Wildman–Crippen LogP) is 2.74. The molecule has 0 bridgehead atoms. The summed E-state index contributed by atoms with van der Waals surface area (Å²) in [5, 5.41) is 47.8. The van der Waals surface area contributed by atoms with Gasteiger partial charge in [-0.1, -0.05) is 30.3 Å². The van der Waals surface area contributed by atoms with Gasteiger partial charge in [-0.2, -0.15) is 4.99 Å². The topological polar surface area (TPSA) is 220 Å². The van der Waals surface area contributed by atoms with Crippen molar-refractivity contribution in [2.24, 2.45) is 4.99 Å². The van der Waals surface area contributed by atoms with Crippen LogP contribution in [0.25, 0.3) is 11.2 Å². The molecule has 0 saturated carbocycles. The van der Waals surface area contributed by atoms with Crippen LogP contribution in [-0.4, -0.2) is 94.9 Å². The molecule has 1 aliphatic heterocycles. The quantitative estimate of drug-likeness (QED) is 0.0463. The number of amides is 2. The van der Waals surface area contributed by atoms with E-state index in [1.54, 1.807) is 48.5 Å². The lowest BCUT2D eigenvalue weighted by atomic mass is 10.1. The lowest BCUT2D eigenvalue weighted by Gasteiger charge is -2.16. The van der Waals surface area contributed by atoms with E-state index in [0.29, 0.717) is 52.2 Å². The summed E-state index contributed by atoms with van der Waals surface area (Å²) in [4.78, 5) is 42.1. The Bertz CT molecular complexity index is 2160. The zero-order valence-electron chi connectivity index (χ0n) is 28.5. The van der Waals surface area contributed by atoms with E-state index in [1.807, 2.05) is 24.3 Å². The van der Waals surface area contributed by atoms with Gasteiger partial charge in [-0.15, -0.1) is 0 Å². The lowest BCUT2D eigenvalue weighted by Crippen LogP contribution is -2.37. The Balaban J connectivity index is 0.927. The summed E-state index contributed by atoms with van der Waals surface area (Å²) in [6, 6.07) is 21.6. The number of hydrogen-bond acceptors (Lipinski definition) is 13. The van der Waals surface area contributed by atoms with E-state index in [0.717, 1.165) is 16.8 Å². The molecule has 54 heavy (non-hydrogen) atoms. The molecule has 0 aliphatic carbocycles. The van der Waals surface area contributed by atoms with Gasteiger partial charge >= 0.3 is 0 Å². The van der Waals surface area contributed by atoms with Gasteiger partial charge in [-0.3, -0.25) is 14.2 Å². The average Bonchev–Trinajstić information content (AvgIpc) is 3.72. The second-order valence-corrected chi connectivity index (χ2v) is 12.8. The third-order valence-corrected chi connectivity index (χ3v) is 8.68. The van der Waals surface area contributed by atoms with Crippen molar-refractivity contribution in [3.8, 4) is 0 Å². The Labute approximate surface area is 319 Å². The Kier molecular flexibility index (Phi) is 12.6. The number of aromatic nitrogens is 4. The predicted molar refractivity (Wildman–Crippen MR) is 209 cm³/mol. The fourth-order valence-corrected chi connectivity index (χ4v) is 6.01. The molecule has 6 rings (SSSR count). The highest BCUT2D eigenvalue weighted by molar-refractivity contribution is 7.80. The van der Waals surface area contributed by atoms with E-state index in [1.165, 1.54) is 17.2 Å². The maximum Gasteiger partial charge on any atom is 0.228 e. The molecule has 16 nitrogen and oxygen atoms in total. The Morgan fingerprint density at radius 3 is 2.26 bits per heavy atom. The molecular formula is C36H36N10O6S2. The number of nitrogens with one attached hydrogen (secondary N) is 5. The third kappa shape index (κ3) is 9.63. The molecular weight excluding hydrogens is 733 g/mol. The van der Waals surface area contributed by atoms with Crippen LogP contribution in [0, 0.1) is 0 Å². The third-order valence-electron chi connectivity index (χ3n) is 8.35. The average molecular weight is 769 g/mol. The summed E-state index contributed by atoms with van der Waals surface area (Å²) in [6.45, 7) is 0.357. The highest BCUT2D eigenvalue weighted by Crippen LogP contribution is 2.32. The molecule has 0 spiro atoms. The highest BCUT2D eigenvalue weighted by Gasteiger charge is 2.44. The first kappa shape index (κ1) is 38.0. The molecule has 0 radical (unpaired) electrons. The normalized spacial score (nSPS) is 17.7. The number of carbonyl (C=O) groups excluding carboxylic acids is 2. The van der Waals surface area contributed by atoms with Crippen molar-refractivity contribution in [2.45, 2.75) is 37.4 Å². The summed E-state index contributed by atoms with van der Waals surface area (Å²) in [6.07, 6.45) is -1.37. The summed E-state index contributed by atoms with van der Waals surface area (Å²) >= 11 is 9.95. The number of ether oxygens (including phenoxy) is 1. The summed E-state index contributed by atoms with van der Waals surface area (Å²) in [5.41, 5.74) is 5.06. The number of fused-ring (bicyclic) bond motifs is 1. The van der Waals surface area contributed by atoms with E-state index in [4.69, 9.17) is 17.0 Å². The van der Waals surface area contributed by atoms with Crippen molar-refractivity contribution in [1.29, 1.82) is 0 Å². The zero-order valence-corrected chi connectivity index (χ0v) is 30.2. The number of aliphatic hydroxyl groups is 3. The van der Waals surface area contributed by atoms with Crippen LogP contribution < -0.4 is 26.6 Å². The fraction of sp³-hybridized carbons (Fsp3) is 0.250. The molecule has 8 N–H and O–H groups in total. The maximum absolute atomic E-state index is 12.8. The van der Waals surface area contributed by atoms with Gasteiger partial charge in [0.05, 0.1) is 36.6 Å². The lowest BCUT2D eigenvalue weighted by molar-refractivity contribution is -0.120. The number of anilines is 4. The number of hydrogen-bond donors (Lipinski definition) is 8. The molecule has 4 atom stereocenters. The van der Waals surface area contributed by atoms with Crippen LogP contribution in [0.3, 0.4) is 0 Å². The van der Waals surface area contributed by atoms with Gasteiger partial charge in [0, 0.05) is 30.2 Å². The molecule has 2 aromatic heterocycles. The van der Waals surface area contributed by atoms with Gasteiger partial charge in [0.15, 0.2) is 28.3 Å². The second-order valence-electron chi connectivity index (χ2n) is 12.2. The van der Waals surface area contributed by atoms with Gasteiger partial charge in [0.2, 0.25) is 11.8 Å². The van der Waals surface area contributed by atoms with Crippen molar-refractivity contribution in [2.75, 3.05) is 35.6 Å². The van der Waals surface area contributed by atoms with E-state index in [2.05, 4.69) is 63.9 Å². The maximum atomic E-state index is 12.8. The minimum absolute atomic E-state index is 0.138. The zero-order chi connectivity index (χ0) is 38.0. The van der Waals surface area contributed by atoms with E-state index in [-0.39, 0.29) is 24.7 Å². The van der Waals surface area contributed by atoms with Crippen LogP contribution in [0.15, 0.2) is 90.4 Å². The minimum Gasteiger partial charge on any atom is -0.394 e. The molecule has 3 aromatic carbocycles. The van der Waals surface area contributed by atoms with E-state index < -0.39 is 31.1 Å².